The molecule has 1 aromatic heterocycles. The molecule has 0 radical (unpaired) electrons. The molecule has 2 heterocycles. The number of hydrogen-bond acceptors (Lipinski definition) is 6. The number of likely N-dealkylation sites (tertiary alicyclic amines) is 1. The molecule has 0 bridgehead atoms. The van der Waals surface area contributed by atoms with Gasteiger partial charge in [-0.2, -0.15) is 0 Å². The number of nitrogens with one attached hydrogen (secondary N) is 1. The number of carbonyl (C=O) groups excluding carboxylic acids is 2. The topological polar surface area (TPSA) is 90.0 Å². The van der Waals surface area contributed by atoms with Gasteiger partial charge in [0, 0.05) is 18.8 Å². The van der Waals surface area contributed by atoms with Crippen LogP contribution in [0, 0.1) is 0 Å². The zero-order valence-electron chi connectivity index (χ0n) is 17.6. The number of ether oxygens (including phenoxy) is 3. The van der Waals surface area contributed by atoms with Crippen LogP contribution in [0.5, 0.6) is 5.75 Å². The van der Waals surface area contributed by atoms with Gasteiger partial charge >= 0.3 is 12.2 Å². The lowest BCUT2D eigenvalue weighted by Crippen LogP contribution is -2.42. The molecule has 1 N–H and O–H groups in total. The Hall–Kier alpha value is -2.51. The highest BCUT2D eigenvalue weighted by molar-refractivity contribution is 5.83. The van der Waals surface area contributed by atoms with Crippen molar-refractivity contribution in [2.75, 3.05) is 18.5 Å². The fourth-order valence-electron chi connectivity index (χ4n) is 2.74. The molecule has 1 aliphatic heterocycles. The molecule has 0 saturated carbocycles. The summed E-state index contributed by atoms with van der Waals surface area (Å²) >= 11 is 0. The summed E-state index contributed by atoms with van der Waals surface area (Å²) in [4.78, 5) is 30.0. The maximum Gasteiger partial charge on any atom is 0.413 e. The molecular formula is C20H31N3O5. The molecule has 1 unspecified atom stereocenters. The van der Waals surface area contributed by atoms with Gasteiger partial charge in [0.2, 0.25) is 0 Å². The van der Waals surface area contributed by atoms with E-state index in [0.717, 1.165) is 12.8 Å². The number of carbonyl (C=O) groups is 2. The van der Waals surface area contributed by atoms with Gasteiger partial charge in [0.15, 0.2) is 0 Å². The number of nitrogens with zero attached hydrogens (tertiary/aromatic N) is 2. The van der Waals surface area contributed by atoms with Gasteiger partial charge in [-0.3, -0.25) is 5.32 Å². The van der Waals surface area contributed by atoms with E-state index in [1.165, 1.54) is 0 Å². The maximum atomic E-state index is 12.3. The van der Waals surface area contributed by atoms with Crippen molar-refractivity contribution in [2.45, 2.75) is 71.6 Å². The first-order valence-electron chi connectivity index (χ1n) is 9.51. The molecule has 0 aliphatic carbocycles. The first-order valence-corrected chi connectivity index (χ1v) is 9.51. The molecule has 1 aromatic rings. The quantitative estimate of drug-likeness (QED) is 0.824. The Labute approximate surface area is 166 Å². The van der Waals surface area contributed by atoms with Crippen molar-refractivity contribution in [3.63, 3.8) is 0 Å². The van der Waals surface area contributed by atoms with Gasteiger partial charge in [-0.25, -0.2) is 14.6 Å². The van der Waals surface area contributed by atoms with Gasteiger partial charge in [0.05, 0.1) is 6.04 Å². The van der Waals surface area contributed by atoms with Crippen molar-refractivity contribution in [1.29, 1.82) is 0 Å². The second-order valence-corrected chi connectivity index (χ2v) is 8.78. The van der Waals surface area contributed by atoms with Crippen LogP contribution in [0.15, 0.2) is 18.3 Å². The van der Waals surface area contributed by atoms with Crippen LogP contribution in [-0.2, 0) is 9.47 Å². The third-order valence-electron chi connectivity index (χ3n) is 3.81. The fourth-order valence-corrected chi connectivity index (χ4v) is 2.74. The number of pyridine rings is 1. The third kappa shape index (κ3) is 7.25. The lowest BCUT2D eigenvalue weighted by Gasteiger charge is -2.28. The summed E-state index contributed by atoms with van der Waals surface area (Å²) in [5.74, 6) is 0.888. The third-order valence-corrected chi connectivity index (χ3v) is 3.81. The lowest BCUT2D eigenvalue weighted by molar-refractivity contribution is 0.0187. The summed E-state index contributed by atoms with van der Waals surface area (Å²) in [5, 5.41) is 2.58. The molecule has 1 atom stereocenters. The minimum atomic E-state index is -0.591. The van der Waals surface area contributed by atoms with Crippen LogP contribution in [0.25, 0.3) is 0 Å². The summed E-state index contributed by atoms with van der Waals surface area (Å²) < 4.78 is 16.5. The molecule has 2 rings (SSSR count). The van der Waals surface area contributed by atoms with Crippen molar-refractivity contribution in [2.24, 2.45) is 0 Å². The highest BCUT2D eigenvalue weighted by atomic mass is 16.6. The minimum Gasteiger partial charge on any atom is -0.491 e. The van der Waals surface area contributed by atoms with Gasteiger partial charge in [-0.05, 0) is 60.5 Å². The molecule has 1 saturated heterocycles. The number of anilines is 1. The van der Waals surface area contributed by atoms with Gasteiger partial charge in [-0.15, -0.1) is 0 Å². The van der Waals surface area contributed by atoms with Crippen LogP contribution < -0.4 is 10.1 Å². The monoisotopic (exact) mass is 393 g/mol. The number of aromatic nitrogens is 1. The maximum absolute atomic E-state index is 12.3. The van der Waals surface area contributed by atoms with Crippen molar-refractivity contribution in [1.82, 2.24) is 9.88 Å². The fraction of sp³-hybridized carbons (Fsp3) is 0.650. The van der Waals surface area contributed by atoms with E-state index in [-0.39, 0.29) is 12.1 Å². The molecule has 0 aromatic carbocycles. The van der Waals surface area contributed by atoms with Gasteiger partial charge in [0.25, 0.3) is 0 Å². The molecule has 1 fully saturated rings. The standard InChI is InChI=1S/C20H31N3O5/c1-19(2,3)27-17(24)22-16-12-15(9-10-21-16)26-13-14-8-7-11-23(14)18(25)28-20(4,5)6/h9-10,12,14H,7-8,11,13H2,1-6H3,(H,21,22,24). The average molecular weight is 393 g/mol. The first-order chi connectivity index (χ1) is 12.9. The Bertz CT molecular complexity index is 694. The average Bonchev–Trinajstić information content (AvgIpc) is 2.98. The van der Waals surface area contributed by atoms with E-state index in [9.17, 15) is 9.59 Å². The summed E-state index contributed by atoms with van der Waals surface area (Å²) in [7, 11) is 0. The molecule has 8 heteroatoms. The van der Waals surface area contributed by atoms with E-state index in [1.807, 2.05) is 20.8 Å². The normalized spacial score (nSPS) is 17.2. The Morgan fingerprint density at radius 1 is 1.18 bits per heavy atom. The molecule has 2 amide bonds. The zero-order chi connectivity index (χ0) is 20.9. The van der Waals surface area contributed by atoms with E-state index < -0.39 is 17.3 Å². The number of hydrogen-bond donors (Lipinski definition) is 1. The highest BCUT2D eigenvalue weighted by Gasteiger charge is 2.32. The predicted octanol–water partition coefficient (Wildman–Crippen LogP) is 4.21. The molecule has 0 spiro atoms. The second kappa shape index (κ2) is 8.67. The Balaban J connectivity index is 1.91. The lowest BCUT2D eigenvalue weighted by atomic mass is 10.2. The van der Waals surface area contributed by atoms with Crippen molar-refractivity contribution >= 4 is 18.0 Å². The van der Waals surface area contributed by atoms with E-state index in [1.54, 1.807) is 44.0 Å². The number of rotatable bonds is 4. The Kier molecular flexibility index (Phi) is 6.74. The summed E-state index contributed by atoms with van der Waals surface area (Å²) in [6.07, 6.45) is 2.41. The van der Waals surface area contributed by atoms with E-state index >= 15 is 0 Å². The van der Waals surface area contributed by atoms with Crippen molar-refractivity contribution < 1.29 is 23.8 Å². The Morgan fingerprint density at radius 2 is 1.86 bits per heavy atom. The molecule has 156 valence electrons. The number of amides is 2. The molecule has 8 nitrogen and oxygen atoms in total. The SMILES string of the molecule is CC(C)(C)OC(=O)Nc1cc(OCC2CCCN2C(=O)OC(C)(C)C)ccn1. The molecule has 1 aliphatic rings. The zero-order valence-corrected chi connectivity index (χ0v) is 17.6. The molecular weight excluding hydrogens is 362 g/mol. The molecule has 28 heavy (non-hydrogen) atoms. The summed E-state index contributed by atoms with van der Waals surface area (Å²) in [6.45, 7) is 11.9. The highest BCUT2D eigenvalue weighted by Crippen LogP contribution is 2.23. The smallest absolute Gasteiger partial charge is 0.413 e. The summed E-state index contributed by atoms with van der Waals surface area (Å²) in [5.41, 5.74) is -1.12. The van der Waals surface area contributed by atoms with Crippen LogP contribution in [0.2, 0.25) is 0 Å². The largest absolute Gasteiger partial charge is 0.491 e. The van der Waals surface area contributed by atoms with Gasteiger partial charge < -0.3 is 19.1 Å². The van der Waals surface area contributed by atoms with E-state index in [0.29, 0.717) is 24.7 Å². The predicted molar refractivity (Wildman–Crippen MR) is 106 cm³/mol. The first kappa shape index (κ1) is 21.8. The van der Waals surface area contributed by atoms with E-state index in [2.05, 4.69) is 10.3 Å². The van der Waals surface area contributed by atoms with Gasteiger partial charge in [-0.1, -0.05) is 0 Å². The van der Waals surface area contributed by atoms with Crippen molar-refractivity contribution in [3.8, 4) is 5.75 Å². The second-order valence-electron chi connectivity index (χ2n) is 8.78. The summed E-state index contributed by atoms with van der Waals surface area (Å²) in [6, 6.07) is 3.27. The van der Waals surface area contributed by atoms with Crippen LogP contribution in [-0.4, -0.2) is 52.5 Å². The van der Waals surface area contributed by atoms with E-state index in [4.69, 9.17) is 14.2 Å². The van der Waals surface area contributed by atoms with Crippen LogP contribution in [0.1, 0.15) is 54.4 Å². The van der Waals surface area contributed by atoms with Crippen LogP contribution >= 0.6 is 0 Å². The van der Waals surface area contributed by atoms with Crippen LogP contribution in [0.3, 0.4) is 0 Å². The minimum absolute atomic E-state index is 0.0507. The Morgan fingerprint density at radius 3 is 2.50 bits per heavy atom. The van der Waals surface area contributed by atoms with Crippen LogP contribution in [0.4, 0.5) is 15.4 Å². The van der Waals surface area contributed by atoms with Crippen molar-refractivity contribution in [3.05, 3.63) is 18.3 Å². The van der Waals surface area contributed by atoms with Gasteiger partial charge in [0.1, 0.15) is 29.4 Å².